The summed E-state index contributed by atoms with van der Waals surface area (Å²) < 4.78 is 5.24. The molecule has 0 saturated carbocycles. The molecule has 2 nitrogen and oxygen atoms in total. The van der Waals surface area contributed by atoms with Gasteiger partial charge < -0.3 is 4.74 Å². The van der Waals surface area contributed by atoms with Crippen molar-refractivity contribution in [3.63, 3.8) is 0 Å². The fourth-order valence-electron chi connectivity index (χ4n) is 1.44. The van der Waals surface area contributed by atoms with Gasteiger partial charge in [-0.1, -0.05) is 45.2 Å². The van der Waals surface area contributed by atoms with Gasteiger partial charge in [-0.3, -0.25) is 4.79 Å². The highest BCUT2D eigenvalue weighted by Crippen LogP contribution is 2.08. The number of methoxy groups -OCH3 is 1. The monoisotopic (exact) mass is 224 g/mol. The molecule has 0 aliphatic heterocycles. The highest BCUT2D eigenvalue weighted by molar-refractivity contribution is 5.76. The molecule has 16 heavy (non-hydrogen) atoms. The quantitative estimate of drug-likeness (QED) is 0.765. The van der Waals surface area contributed by atoms with Gasteiger partial charge in [0.05, 0.1) is 6.10 Å². The van der Waals surface area contributed by atoms with Crippen LogP contribution in [0.25, 0.3) is 0 Å². The summed E-state index contributed by atoms with van der Waals surface area (Å²) in [5.41, 5.74) is 1.21. The first kappa shape index (κ1) is 17.3. The molecular weight excluding hydrogens is 200 g/mol. The van der Waals surface area contributed by atoms with Gasteiger partial charge in [-0.2, -0.15) is 0 Å². The number of carbonyl (C=O) groups excluding carboxylic acids is 1. The second kappa shape index (κ2) is 9.10. The minimum absolute atomic E-state index is 0. The van der Waals surface area contributed by atoms with E-state index in [-0.39, 0.29) is 26.7 Å². The Bertz CT molecular complexity index is 280. The van der Waals surface area contributed by atoms with Crippen LogP contribution in [-0.4, -0.2) is 19.0 Å². The van der Waals surface area contributed by atoms with Crippen molar-refractivity contribution in [1.29, 1.82) is 0 Å². The Morgan fingerprint density at radius 1 is 1.25 bits per heavy atom. The molecule has 0 bridgehead atoms. The molecule has 0 spiro atoms. The molecular formula is C14H24O2. The Balaban J connectivity index is 0. The molecule has 0 aliphatic rings. The average Bonchev–Trinajstić information content (AvgIpc) is 2.17. The molecule has 0 amide bonds. The summed E-state index contributed by atoms with van der Waals surface area (Å²) in [5.74, 6) is 0.174. The largest absolute Gasteiger partial charge is 0.381 e. The van der Waals surface area contributed by atoms with Crippen molar-refractivity contribution in [2.24, 2.45) is 0 Å². The number of hydrogen-bond donors (Lipinski definition) is 0. The van der Waals surface area contributed by atoms with Crippen molar-refractivity contribution >= 4 is 5.78 Å². The summed E-state index contributed by atoms with van der Waals surface area (Å²) in [4.78, 5) is 10.9. The topological polar surface area (TPSA) is 26.3 Å². The minimum Gasteiger partial charge on any atom is -0.381 e. The maximum atomic E-state index is 10.9. The zero-order valence-electron chi connectivity index (χ0n) is 8.69. The van der Waals surface area contributed by atoms with Gasteiger partial charge in [0.1, 0.15) is 5.78 Å². The van der Waals surface area contributed by atoms with Crippen LogP contribution in [0.5, 0.6) is 0 Å². The fourth-order valence-corrected chi connectivity index (χ4v) is 1.44. The SMILES string of the molecule is C.C.COC(CC(C)=O)Cc1ccccc1. The van der Waals surface area contributed by atoms with E-state index < -0.39 is 0 Å². The van der Waals surface area contributed by atoms with E-state index in [1.807, 2.05) is 30.3 Å². The van der Waals surface area contributed by atoms with Crippen molar-refractivity contribution < 1.29 is 9.53 Å². The Morgan fingerprint density at radius 3 is 2.25 bits per heavy atom. The molecule has 1 aromatic carbocycles. The molecule has 0 heterocycles. The van der Waals surface area contributed by atoms with Gasteiger partial charge >= 0.3 is 0 Å². The lowest BCUT2D eigenvalue weighted by Gasteiger charge is -2.13. The first-order chi connectivity index (χ1) is 6.72. The van der Waals surface area contributed by atoms with E-state index in [2.05, 4.69) is 0 Å². The summed E-state index contributed by atoms with van der Waals surface area (Å²) in [5, 5.41) is 0. The van der Waals surface area contributed by atoms with Gasteiger partial charge in [0.2, 0.25) is 0 Å². The molecule has 0 N–H and O–H groups in total. The minimum atomic E-state index is 0. The fraction of sp³-hybridized carbons (Fsp3) is 0.500. The number of hydrogen-bond acceptors (Lipinski definition) is 2. The Hall–Kier alpha value is -1.15. The number of rotatable bonds is 5. The number of ketones is 1. The predicted molar refractivity (Wildman–Crippen MR) is 69.7 cm³/mol. The number of carbonyl (C=O) groups is 1. The maximum absolute atomic E-state index is 10.9. The van der Waals surface area contributed by atoms with Crippen molar-refractivity contribution in [1.82, 2.24) is 0 Å². The van der Waals surface area contributed by atoms with Crippen LogP contribution in [0.1, 0.15) is 33.8 Å². The third kappa shape index (κ3) is 6.36. The van der Waals surface area contributed by atoms with Gasteiger partial charge in [0, 0.05) is 13.5 Å². The second-order valence-electron chi connectivity index (χ2n) is 3.45. The van der Waals surface area contributed by atoms with Crippen molar-refractivity contribution in [3.8, 4) is 0 Å². The van der Waals surface area contributed by atoms with Gasteiger partial charge in [-0.05, 0) is 18.9 Å². The standard InChI is InChI=1S/C12H16O2.2CH4/c1-10(13)8-12(14-2)9-11-6-4-3-5-7-11;;/h3-7,12H,8-9H2,1-2H3;2*1H4. The van der Waals surface area contributed by atoms with E-state index in [4.69, 9.17) is 4.74 Å². The number of ether oxygens (including phenoxy) is 1. The molecule has 1 aromatic rings. The molecule has 1 rings (SSSR count). The summed E-state index contributed by atoms with van der Waals surface area (Å²) in [6.45, 7) is 1.59. The zero-order valence-corrected chi connectivity index (χ0v) is 8.69. The predicted octanol–water partition coefficient (Wildman–Crippen LogP) is 3.50. The van der Waals surface area contributed by atoms with Crippen LogP contribution in [0, 0.1) is 0 Å². The van der Waals surface area contributed by atoms with Gasteiger partial charge in [-0.25, -0.2) is 0 Å². The lowest BCUT2D eigenvalue weighted by Crippen LogP contribution is -2.17. The van der Waals surface area contributed by atoms with Crippen LogP contribution in [0.15, 0.2) is 30.3 Å². The molecule has 0 aliphatic carbocycles. The molecule has 92 valence electrons. The van der Waals surface area contributed by atoms with E-state index in [1.165, 1.54) is 5.56 Å². The third-order valence-corrected chi connectivity index (χ3v) is 2.15. The maximum Gasteiger partial charge on any atom is 0.132 e. The normalized spacial score (nSPS) is 10.9. The Morgan fingerprint density at radius 2 is 1.81 bits per heavy atom. The number of Topliss-reactive ketones (excluding diaryl/α,β-unsaturated/α-hetero) is 1. The first-order valence-electron chi connectivity index (χ1n) is 4.78. The molecule has 0 radical (unpaired) electrons. The lowest BCUT2D eigenvalue weighted by atomic mass is 10.0. The summed E-state index contributed by atoms with van der Waals surface area (Å²) >= 11 is 0. The van der Waals surface area contributed by atoms with Crippen LogP contribution in [0.3, 0.4) is 0 Å². The van der Waals surface area contributed by atoms with Crippen molar-refractivity contribution in [2.45, 2.75) is 40.7 Å². The molecule has 1 unspecified atom stereocenters. The van der Waals surface area contributed by atoms with Crippen LogP contribution >= 0.6 is 0 Å². The lowest BCUT2D eigenvalue weighted by molar-refractivity contribution is -0.119. The van der Waals surface area contributed by atoms with E-state index in [0.717, 1.165) is 6.42 Å². The van der Waals surface area contributed by atoms with Crippen LogP contribution < -0.4 is 0 Å². The molecule has 0 aromatic heterocycles. The van der Waals surface area contributed by atoms with Crippen molar-refractivity contribution in [3.05, 3.63) is 35.9 Å². The van der Waals surface area contributed by atoms with Gasteiger partial charge in [0.15, 0.2) is 0 Å². The van der Waals surface area contributed by atoms with Crippen LogP contribution in [0.4, 0.5) is 0 Å². The number of benzene rings is 1. The van der Waals surface area contributed by atoms with E-state index in [9.17, 15) is 4.79 Å². The zero-order chi connectivity index (χ0) is 10.4. The molecule has 0 fully saturated rings. The highest BCUT2D eigenvalue weighted by Gasteiger charge is 2.10. The molecule has 1 atom stereocenters. The smallest absolute Gasteiger partial charge is 0.132 e. The average molecular weight is 224 g/mol. The highest BCUT2D eigenvalue weighted by atomic mass is 16.5. The van der Waals surface area contributed by atoms with E-state index >= 15 is 0 Å². The summed E-state index contributed by atoms with van der Waals surface area (Å²) in [7, 11) is 1.65. The van der Waals surface area contributed by atoms with Crippen molar-refractivity contribution in [2.75, 3.05) is 7.11 Å². The summed E-state index contributed by atoms with van der Waals surface area (Å²) in [6, 6.07) is 10.1. The first-order valence-corrected chi connectivity index (χ1v) is 4.78. The van der Waals surface area contributed by atoms with E-state index in [0.29, 0.717) is 6.42 Å². The van der Waals surface area contributed by atoms with Gasteiger partial charge in [-0.15, -0.1) is 0 Å². The Kier molecular flexibility index (Phi) is 9.82. The van der Waals surface area contributed by atoms with Crippen LogP contribution in [-0.2, 0) is 16.0 Å². The summed E-state index contributed by atoms with van der Waals surface area (Å²) in [6.07, 6.45) is 1.30. The second-order valence-corrected chi connectivity index (χ2v) is 3.45. The molecule has 0 saturated heterocycles. The Labute approximate surface area is 99.6 Å². The van der Waals surface area contributed by atoms with Gasteiger partial charge in [0.25, 0.3) is 0 Å². The van der Waals surface area contributed by atoms with Crippen LogP contribution in [0.2, 0.25) is 0 Å². The molecule has 2 heteroatoms. The third-order valence-electron chi connectivity index (χ3n) is 2.15. The van der Waals surface area contributed by atoms with E-state index in [1.54, 1.807) is 14.0 Å².